The average Bonchev–Trinajstić information content (AvgIpc) is 2.58. The van der Waals surface area contributed by atoms with Crippen molar-refractivity contribution >= 4 is 17.1 Å². The van der Waals surface area contributed by atoms with Crippen molar-refractivity contribution in [3.05, 3.63) is 53.6 Å². The van der Waals surface area contributed by atoms with Gasteiger partial charge in [-0.3, -0.25) is 0 Å². The minimum absolute atomic E-state index is 0.681. The quantitative estimate of drug-likeness (QED) is 0.913. The number of piperazine rings is 1. The highest BCUT2D eigenvalue weighted by Crippen LogP contribution is 2.32. The predicted octanol–water partition coefficient (Wildman–Crippen LogP) is 3.02. The number of hydrogen-bond acceptors (Lipinski definition) is 4. The Kier molecular flexibility index (Phi) is 4.27. The van der Waals surface area contributed by atoms with Gasteiger partial charge in [0.25, 0.3) is 0 Å². The number of rotatable bonds is 3. The van der Waals surface area contributed by atoms with Crippen LogP contribution < -0.4 is 15.5 Å². The number of anilines is 3. The Morgan fingerprint density at radius 1 is 1.09 bits per heavy atom. The summed E-state index contributed by atoms with van der Waals surface area (Å²) in [5, 5.41) is 16.2. The van der Waals surface area contributed by atoms with E-state index in [-0.39, 0.29) is 0 Å². The van der Waals surface area contributed by atoms with Crippen LogP contribution in [0.25, 0.3) is 0 Å². The molecule has 22 heavy (non-hydrogen) atoms. The fourth-order valence-corrected chi connectivity index (χ4v) is 2.87. The summed E-state index contributed by atoms with van der Waals surface area (Å²) in [6.45, 7) is 6.08. The fraction of sp³-hybridized carbons (Fsp3) is 0.278. The van der Waals surface area contributed by atoms with Gasteiger partial charge in [0.2, 0.25) is 0 Å². The lowest BCUT2D eigenvalue weighted by molar-refractivity contribution is 0.588. The van der Waals surface area contributed by atoms with Gasteiger partial charge in [-0.05, 0) is 36.8 Å². The fourth-order valence-electron chi connectivity index (χ4n) is 2.87. The zero-order valence-electron chi connectivity index (χ0n) is 12.8. The molecule has 0 spiro atoms. The van der Waals surface area contributed by atoms with Crippen molar-refractivity contribution in [3.63, 3.8) is 0 Å². The molecule has 2 aromatic rings. The SMILES string of the molecule is Cc1c(N2CCNCC2)ccc(C#N)c1Nc1ccccc1. The molecule has 0 bridgehead atoms. The first kappa shape index (κ1) is 14.4. The van der Waals surface area contributed by atoms with Gasteiger partial charge < -0.3 is 15.5 Å². The molecule has 4 nitrogen and oxygen atoms in total. The van der Waals surface area contributed by atoms with E-state index in [9.17, 15) is 5.26 Å². The van der Waals surface area contributed by atoms with Crippen LogP contribution in [-0.2, 0) is 0 Å². The summed E-state index contributed by atoms with van der Waals surface area (Å²) in [6, 6.07) is 16.3. The summed E-state index contributed by atoms with van der Waals surface area (Å²) in [7, 11) is 0. The predicted molar refractivity (Wildman–Crippen MR) is 90.7 cm³/mol. The zero-order chi connectivity index (χ0) is 15.4. The van der Waals surface area contributed by atoms with Crippen LogP contribution in [0.2, 0.25) is 0 Å². The van der Waals surface area contributed by atoms with Gasteiger partial charge in [0, 0.05) is 37.6 Å². The Morgan fingerprint density at radius 2 is 1.82 bits per heavy atom. The summed E-state index contributed by atoms with van der Waals surface area (Å²) in [5.41, 5.74) is 4.92. The van der Waals surface area contributed by atoms with Gasteiger partial charge in [0.15, 0.2) is 0 Å². The lowest BCUT2D eigenvalue weighted by atomic mass is 10.0. The van der Waals surface area contributed by atoms with E-state index in [4.69, 9.17) is 0 Å². The Bertz CT molecular complexity index is 682. The van der Waals surface area contributed by atoms with Gasteiger partial charge in [-0.2, -0.15) is 5.26 Å². The Hall–Kier alpha value is -2.51. The maximum atomic E-state index is 9.41. The van der Waals surface area contributed by atoms with Gasteiger partial charge in [0.05, 0.1) is 11.3 Å². The molecule has 1 saturated heterocycles. The van der Waals surface area contributed by atoms with Crippen LogP contribution in [0.3, 0.4) is 0 Å². The van der Waals surface area contributed by atoms with Gasteiger partial charge in [-0.15, -0.1) is 0 Å². The highest BCUT2D eigenvalue weighted by atomic mass is 15.2. The monoisotopic (exact) mass is 292 g/mol. The van der Waals surface area contributed by atoms with Gasteiger partial charge in [0.1, 0.15) is 6.07 Å². The second-order valence-electron chi connectivity index (χ2n) is 5.47. The van der Waals surface area contributed by atoms with Crippen LogP contribution in [0.4, 0.5) is 17.1 Å². The highest BCUT2D eigenvalue weighted by Gasteiger charge is 2.16. The molecule has 1 aliphatic heterocycles. The van der Waals surface area contributed by atoms with E-state index >= 15 is 0 Å². The molecule has 0 aromatic heterocycles. The molecular formula is C18H20N4. The number of nitrogens with zero attached hydrogens (tertiary/aromatic N) is 2. The summed E-state index contributed by atoms with van der Waals surface area (Å²) in [5.74, 6) is 0. The lowest BCUT2D eigenvalue weighted by Gasteiger charge is -2.31. The van der Waals surface area contributed by atoms with Crippen molar-refractivity contribution in [2.75, 3.05) is 36.4 Å². The molecule has 0 radical (unpaired) electrons. The number of para-hydroxylation sites is 1. The molecule has 2 aromatic carbocycles. The van der Waals surface area contributed by atoms with Crippen molar-refractivity contribution in [2.45, 2.75) is 6.92 Å². The molecule has 0 aliphatic carbocycles. The highest BCUT2D eigenvalue weighted by molar-refractivity contribution is 5.76. The third-order valence-corrected chi connectivity index (χ3v) is 4.06. The molecule has 1 fully saturated rings. The largest absolute Gasteiger partial charge is 0.369 e. The summed E-state index contributed by atoms with van der Waals surface area (Å²) >= 11 is 0. The Labute approximate surface area is 131 Å². The van der Waals surface area contributed by atoms with Crippen molar-refractivity contribution in [1.82, 2.24) is 5.32 Å². The van der Waals surface area contributed by atoms with Crippen LogP contribution >= 0.6 is 0 Å². The van der Waals surface area contributed by atoms with E-state index in [0.29, 0.717) is 5.56 Å². The first-order valence-electron chi connectivity index (χ1n) is 7.61. The molecule has 0 unspecified atom stereocenters. The van der Waals surface area contributed by atoms with Gasteiger partial charge in [-0.25, -0.2) is 0 Å². The molecular weight excluding hydrogens is 272 g/mol. The first-order chi connectivity index (χ1) is 10.8. The van der Waals surface area contributed by atoms with E-state index in [1.54, 1.807) is 0 Å². The van der Waals surface area contributed by atoms with Crippen molar-refractivity contribution in [2.24, 2.45) is 0 Å². The maximum absolute atomic E-state index is 9.41. The summed E-state index contributed by atoms with van der Waals surface area (Å²) in [4.78, 5) is 2.38. The van der Waals surface area contributed by atoms with Crippen molar-refractivity contribution < 1.29 is 0 Å². The first-order valence-corrected chi connectivity index (χ1v) is 7.61. The molecule has 0 saturated carbocycles. The molecule has 2 N–H and O–H groups in total. The summed E-state index contributed by atoms with van der Waals surface area (Å²) < 4.78 is 0. The number of hydrogen-bond donors (Lipinski definition) is 2. The van der Waals surface area contributed by atoms with Crippen LogP contribution in [0.15, 0.2) is 42.5 Å². The lowest BCUT2D eigenvalue weighted by Crippen LogP contribution is -2.43. The Morgan fingerprint density at radius 3 is 2.50 bits per heavy atom. The minimum Gasteiger partial charge on any atom is -0.369 e. The molecule has 0 amide bonds. The third kappa shape index (κ3) is 2.90. The van der Waals surface area contributed by atoms with E-state index in [0.717, 1.165) is 43.1 Å². The molecule has 3 rings (SSSR count). The smallest absolute Gasteiger partial charge is 0.101 e. The van der Waals surface area contributed by atoms with Crippen LogP contribution in [0.1, 0.15) is 11.1 Å². The number of nitrogens with one attached hydrogen (secondary N) is 2. The Balaban J connectivity index is 1.98. The standard InChI is InChI=1S/C18H20N4/c1-14-17(22-11-9-20-10-12-22)8-7-15(13-19)18(14)21-16-5-3-2-4-6-16/h2-8,20-21H,9-12H2,1H3. The number of benzene rings is 2. The molecule has 0 atom stereocenters. The maximum Gasteiger partial charge on any atom is 0.101 e. The molecule has 112 valence electrons. The molecule has 1 aliphatic rings. The van der Waals surface area contributed by atoms with Crippen LogP contribution in [-0.4, -0.2) is 26.2 Å². The van der Waals surface area contributed by atoms with Crippen molar-refractivity contribution in [1.29, 1.82) is 5.26 Å². The van der Waals surface area contributed by atoms with E-state index in [1.165, 1.54) is 5.69 Å². The van der Waals surface area contributed by atoms with Crippen molar-refractivity contribution in [3.8, 4) is 6.07 Å². The molecule has 1 heterocycles. The van der Waals surface area contributed by atoms with E-state index < -0.39 is 0 Å². The topological polar surface area (TPSA) is 51.1 Å². The molecule has 4 heteroatoms. The van der Waals surface area contributed by atoms with Crippen LogP contribution in [0.5, 0.6) is 0 Å². The second-order valence-corrected chi connectivity index (χ2v) is 5.47. The summed E-state index contributed by atoms with van der Waals surface area (Å²) in [6.07, 6.45) is 0. The van der Waals surface area contributed by atoms with E-state index in [1.807, 2.05) is 36.4 Å². The third-order valence-electron chi connectivity index (χ3n) is 4.06. The van der Waals surface area contributed by atoms with Gasteiger partial charge in [-0.1, -0.05) is 18.2 Å². The normalized spacial score (nSPS) is 14.5. The van der Waals surface area contributed by atoms with Crippen LogP contribution in [0, 0.1) is 18.3 Å². The van der Waals surface area contributed by atoms with E-state index in [2.05, 4.69) is 34.6 Å². The number of nitriles is 1. The van der Waals surface area contributed by atoms with Gasteiger partial charge >= 0.3 is 0 Å². The second kappa shape index (κ2) is 6.50. The average molecular weight is 292 g/mol. The zero-order valence-corrected chi connectivity index (χ0v) is 12.8. The minimum atomic E-state index is 0.681.